The van der Waals surface area contributed by atoms with Crippen molar-refractivity contribution in [3.05, 3.63) is 60.2 Å². The van der Waals surface area contributed by atoms with Crippen LogP contribution >= 0.6 is 0 Å². The van der Waals surface area contributed by atoms with Crippen LogP contribution in [-0.2, 0) is 15.7 Å². The van der Waals surface area contributed by atoms with E-state index in [-0.39, 0.29) is 16.9 Å². The highest BCUT2D eigenvalue weighted by molar-refractivity contribution is 5.97. The molecule has 0 fully saturated rings. The number of carbonyl (C=O) groups excluding carboxylic acids is 2. The van der Waals surface area contributed by atoms with Gasteiger partial charge in [0.1, 0.15) is 12.7 Å². The fourth-order valence-electron chi connectivity index (χ4n) is 2.82. The van der Waals surface area contributed by atoms with Crippen LogP contribution in [0.1, 0.15) is 22.8 Å². The number of aromatic nitrogens is 3. The number of benzene rings is 2. The Morgan fingerprint density at radius 1 is 1.12 bits per heavy atom. The van der Waals surface area contributed by atoms with Crippen molar-refractivity contribution in [1.29, 1.82) is 0 Å². The molecule has 3 aromatic rings. The smallest absolute Gasteiger partial charge is 0.416 e. The Labute approximate surface area is 186 Å². The standard InChI is InChI=1S/C21H19F3N4O5/c1-3-32-18-8-13(4-7-17(18)31-2)20(30)33-10-19(29)27-15-9-14(21(22,23)24)5-6-16(15)28-12-25-11-26-28/h4-9,11-12H,3,10H2,1-2H3,(H,27,29). The number of hydrogen-bond acceptors (Lipinski definition) is 7. The maximum Gasteiger partial charge on any atom is 0.416 e. The highest BCUT2D eigenvalue weighted by Crippen LogP contribution is 2.33. The molecular formula is C21H19F3N4O5. The van der Waals surface area contributed by atoms with E-state index in [2.05, 4.69) is 15.4 Å². The Kier molecular flexibility index (Phi) is 7.16. The summed E-state index contributed by atoms with van der Waals surface area (Å²) in [5, 5.41) is 6.18. The molecule has 0 bridgehead atoms. The van der Waals surface area contributed by atoms with Crippen molar-refractivity contribution in [3.63, 3.8) is 0 Å². The SMILES string of the molecule is CCOc1cc(C(=O)OCC(=O)Nc2cc(C(F)(F)F)ccc2-n2cncn2)ccc1OC. The molecule has 0 aliphatic carbocycles. The van der Waals surface area contributed by atoms with E-state index in [4.69, 9.17) is 14.2 Å². The van der Waals surface area contributed by atoms with Crippen molar-refractivity contribution in [2.75, 3.05) is 25.6 Å². The van der Waals surface area contributed by atoms with Gasteiger partial charge in [-0.2, -0.15) is 18.3 Å². The van der Waals surface area contributed by atoms with Crippen LogP contribution in [0.3, 0.4) is 0 Å². The fraction of sp³-hybridized carbons (Fsp3) is 0.238. The van der Waals surface area contributed by atoms with Crippen molar-refractivity contribution in [1.82, 2.24) is 14.8 Å². The summed E-state index contributed by atoms with van der Waals surface area (Å²) in [6, 6.07) is 7.09. The minimum Gasteiger partial charge on any atom is -0.493 e. The van der Waals surface area contributed by atoms with Gasteiger partial charge in [-0.25, -0.2) is 14.5 Å². The second-order valence-electron chi connectivity index (χ2n) is 6.49. The number of alkyl halides is 3. The largest absolute Gasteiger partial charge is 0.493 e. The molecule has 1 amide bonds. The lowest BCUT2D eigenvalue weighted by atomic mass is 10.1. The maximum absolute atomic E-state index is 13.1. The number of methoxy groups -OCH3 is 1. The Hall–Kier alpha value is -4.09. The molecule has 0 spiro atoms. The van der Waals surface area contributed by atoms with Gasteiger partial charge in [0, 0.05) is 0 Å². The topological polar surface area (TPSA) is 105 Å². The molecule has 1 N–H and O–H groups in total. The Bertz CT molecular complexity index is 1130. The van der Waals surface area contributed by atoms with E-state index < -0.39 is 30.2 Å². The molecule has 0 unspecified atom stereocenters. The third kappa shape index (κ3) is 5.79. The number of halogens is 3. The molecule has 33 heavy (non-hydrogen) atoms. The number of rotatable bonds is 8. The van der Waals surface area contributed by atoms with E-state index in [9.17, 15) is 22.8 Å². The average Bonchev–Trinajstić information content (AvgIpc) is 3.31. The second kappa shape index (κ2) is 10.0. The van der Waals surface area contributed by atoms with E-state index in [1.807, 2.05) is 0 Å². The quantitative estimate of drug-likeness (QED) is 0.509. The third-order valence-corrected chi connectivity index (χ3v) is 4.30. The van der Waals surface area contributed by atoms with Crippen molar-refractivity contribution in [2.24, 2.45) is 0 Å². The summed E-state index contributed by atoms with van der Waals surface area (Å²) in [7, 11) is 1.45. The summed E-state index contributed by atoms with van der Waals surface area (Å²) in [6.07, 6.45) is -2.17. The van der Waals surface area contributed by atoms with Gasteiger partial charge < -0.3 is 19.5 Å². The minimum atomic E-state index is -4.63. The van der Waals surface area contributed by atoms with Gasteiger partial charge in [0.2, 0.25) is 0 Å². The van der Waals surface area contributed by atoms with Crippen molar-refractivity contribution < 1.29 is 37.0 Å². The molecule has 2 aromatic carbocycles. The summed E-state index contributed by atoms with van der Waals surface area (Å²) in [5.41, 5.74) is -0.897. The van der Waals surface area contributed by atoms with Crippen LogP contribution in [0.15, 0.2) is 49.1 Å². The van der Waals surface area contributed by atoms with Gasteiger partial charge in [-0.1, -0.05) is 0 Å². The molecule has 0 saturated heterocycles. The van der Waals surface area contributed by atoms with Gasteiger partial charge in [0.25, 0.3) is 5.91 Å². The zero-order valence-corrected chi connectivity index (χ0v) is 17.5. The zero-order valence-electron chi connectivity index (χ0n) is 17.5. The third-order valence-electron chi connectivity index (χ3n) is 4.30. The fourth-order valence-corrected chi connectivity index (χ4v) is 2.82. The highest BCUT2D eigenvalue weighted by Gasteiger charge is 2.31. The molecule has 12 heteroatoms. The van der Waals surface area contributed by atoms with E-state index in [1.54, 1.807) is 6.92 Å². The Morgan fingerprint density at radius 2 is 1.91 bits per heavy atom. The first-order valence-electron chi connectivity index (χ1n) is 9.57. The Balaban J connectivity index is 1.73. The molecule has 3 rings (SSSR count). The molecule has 0 saturated carbocycles. The monoisotopic (exact) mass is 464 g/mol. The van der Waals surface area contributed by atoms with Gasteiger partial charge in [0.05, 0.1) is 36.2 Å². The van der Waals surface area contributed by atoms with Crippen LogP contribution in [0, 0.1) is 0 Å². The summed E-state index contributed by atoms with van der Waals surface area (Å²) in [6.45, 7) is 1.36. The molecule has 9 nitrogen and oxygen atoms in total. The van der Waals surface area contributed by atoms with Crippen molar-refractivity contribution in [2.45, 2.75) is 13.1 Å². The molecule has 174 valence electrons. The van der Waals surface area contributed by atoms with Crippen molar-refractivity contribution >= 4 is 17.6 Å². The number of carbonyl (C=O) groups is 2. The van der Waals surface area contributed by atoms with Crippen LogP contribution in [-0.4, -0.2) is 47.0 Å². The van der Waals surface area contributed by atoms with Gasteiger partial charge >= 0.3 is 12.1 Å². The van der Waals surface area contributed by atoms with E-state index in [0.717, 1.165) is 18.2 Å². The first kappa shape index (κ1) is 23.6. The number of hydrogen-bond donors (Lipinski definition) is 1. The molecule has 0 atom stereocenters. The zero-order chi connectivity index (χ0) is 24.0. The molecule has 0 radical (unpaired) electrons. The normalized spacial score (nSPS) is 11.1. The number of ether oxygens (including phenoxy) is 3. The first-order valence-corrected chi connectivity index (χ1v) is 9.57. The predicted molar refractivity (Wildman–Crippen MR) is 109 cm³/mol. The summed E-state index contributed by atoms with van der Waals surface area (Å²) in [5.74, 6) is -0.937. The lowest BCUT2D eigenvalue weighted by Crippen LogP contribution is -2.22. The minimum absolute atomic E-state index is 0.106. The van der Waals surface area contributed by atoms with Gasteiger partial charge in [0.15, 0.2) is 18.1 Å². The second-order valence-corrected chi connectivity index (χ2v) is 6.49. The van der Waals surface area contributed by atoms with Crippen LogP contribution < -0.4 is 14.8 Å². The molecule has 1 heterocycles. The van der Waals surface area contributed by atoms with Gasteiger partial charge in [-0.05, 0) is 43.3 Å². The molecular weight excluding hydrogens is 445 g/mol. The van der Waals surface area contributed by atoms with Crippen LogP contribution in [0.4, 0.5) is 18.9 Å². The molecule has 0 aliphatic rings. The molecule has 1 aromatic heterocycles. The van der Waals surface area contributed by atoms with Gasteiger partial charge in [-0.15, -0.1) is 0 Å². The Morgan fingerprint density at radius 3 is 2.55 bits per heavy atom. The maximum atomic E-state index is 13.1. The summed E-state index contributed by atoms with van der Waals surface area (Å²) >= 11 is 0. The molecule has 0 aliphatic heterocycles. The van der Waals surface area contributed by atoms with E-state index >= 15 is 0 Å². The summed E-state index contributed by atoms with van der Waals surface area (Å²) in [4.78, 5) is 28.4. The van der Waals surface area contributed by atoms with Crippen molar-refractivity contribution in [3.8, 4) is 17.2 Å². The number of amides is 1. The van der Waals surface area contributed by atoms with E-state index in [0.29, 0.717) is 18.1 Å². The van der Waals surface area contributed by atoms with E-state index in [1.165, 1.54) is 42.6 Å². The van der Waals surface area contributed by atoms with Gasteiger partial charge in [-0.3, -0.25) is 4.79 Å². The van der Waals surface area contributed by atoms with Crippen LogP contribution in [0.5, 0.6) is 11.5 Å². The summed E-state index contributed by atoms with van der Waals surface area (Å²) < 4.78 is 56.1. The number of anilines is 1. The predicted octanol–water partition coefficient (Wildman–Crippen LogP) is 3.49. The van der Waals surface area contributed by atoms with Crippen LogP contribution in [0.25, 0.3) is 5.69 Å². The number of nitrogens with zero attached hydrogens (tertiary/aromatic N) is 3. The average molecular weight is 464 g/mol. The lowest BCUT2D eigenvalue weighted by molar-refractivity contribution is -0.137. The van der Waals surface area contributed by atoms with Crippen LogP contribution in [0.2, 0.25) is 0 Å². The number of nitrogens with one attached hydrogen (secondary N) is 1. The number of esters is 1. The highest BCUT2D eigenvalue weighted by atomic mass is 19.4. The first-order chi connectivity index (χ1) is 15.7. The lowest BCUT2D eigenvalue weighted by Gasteiger charge is -2.14.